The average Bonchev–Trinajstić information content (AvgIpc) is 4.15. The van der Waals surface area contributed by atoms with Crippen LogP contribution in [-0.4, -0.2) is 129 Å². The predicted molar refractivity (Wildman–Crippen MR) is 274 cm³/mol. The Morgan fingerprint density at radius 1 is 0.641 bits per heavy atom. The maximum atomic E-state index is 13.0. The van der Waals surface area contributed by atoms with Gasteiger partial charge in [-0.15, -0.1) is 0 Å². The first kappa shape index (κ1) is 46.8. The number of rotatable bonds is 11. The molecule has 4 fully saturated rings. The molecule has 0 atom stereocenters. The lowest BCUT2D eigenvalue weighted by atomic mass is 10.1. The second-order valence-electron chi connectivity index (χ2n) is 16.6. The zero-order chi connectivity index (χ0) is 44.8. The molecule has 12 nitrogen and oxygen atoms in total. The number of aromatic nitrogens is 1. The summed E-state index contributed by atoms with van der Waals surface area (Å²) in [6, 6.07) is 32.2. The summed E-state index contributed by atoms with van der Waals surface area (Å²) in [7, 11) is 4.32. The largest absolute Gasteiger partial charge is 0.382 e. The summed E-state index contributed by atoms with van der Waals surface area (Å²) in [4.78, 5) is 47.4. The summed E-state index contributed by atoms with van der Waals surface area (Å²) in [6.45, 7) is 13.1. The van der Waals surface area contributed by atoms with Crippen LogP contribution in [0.15, 0.2) is 102 Å². The molecule has 336 valence electrons. The van der Waals surface area contributed by atoms with Crippen molar-refractivity contribution in [3.63, 3.8) is 0 Å². The average molecular weight is 964 g/mol. The Labute approximate surface area is 395 Å². The maximum Gasteiger partial charge on any atom is 0.206 e. The van der Waals surface area contributed by atoms with Crippen molar-refractivity contribution in [1.82, 2.24) is 14.8 Å². The number of hydrogen-bond donors (Lipinski definition) is 2. The molecule has 64 heavy (non-hydrogen) atoms. The van der Waals surface area contributed by atoms with Gasteiger partial charge in [0.25, 0.3) is 0 Å². The molecule has 0 amide bonds. The zero-order valence-corrected chi connectivity index (χ0v) is 40.1. The molecule has 4 aromatic carbocycles. The number of carbonyl (C=O) groups is 2. The summed E-state index contributed by atoms with van der Waals surface area (Å²) in [5.41, 5.74) is 14.2. The van der Waals surface area contributed by atoms with Gasteiger partial charge in [0.1, 0.15) is 10.7 Å². The lowest BCUT2D eigenvalue weighted by Gasteiger charge is -2.34. The number of nitrogen functional groups attached to an aromatic ring is 1. The predicted octanol–water partition coefficient (Wildman–Crippen LogP) is 9.09. The topological polar surface area (TPSA) is 117 Å². The second-order valence-corrected chi connectivity index (χ2v) is 18.3. The van der Waals surface area contributed by atoms with Crippen molar-refractivity contribution in [3.05, 3.63) is 113 Å². The van der Waals surface area contributed by atoms with Gasteiger partial charge in [0.15, 0.2) is 10.9 Å². The van der Waals surface area contributed by atoms with Crippen LogP contribution in [0.25, 0.3) is 0 Å². The number of hydrogen-bond acceptors (Lipinski definition) is 14. The van der Waals surface area contributed by atoms with E-state index in [9.17, 15) is 9.59 Å². The summed E-state index contributed by atoms with van der Waals surface area (Å²) < 4.78 is 0. The number of halogens is 1. The summed E-state index contributed by atoms with van der Waals surface area (Å²) in [5.74, 6) is 0.324. The molecule has 1 aromatic heterocycles. The van der Waals surface area contributed by atoms with E-state index in [2.05, 4.69) is 116 Å². The Morgan fingerprint density at radius 3 is 1.48 bits per heavy atom. The van der Waals surface area contributed by atoms with Gasteiger partial charge in [-0.2, -0.15) is 4.99 Å². The van der Waals surface area contributed by atoms with Crippen LogP contribution in [-0.2, 0) is 0 Å². The quantitative estimate of drug-likeness (QED) is 0.0570. The van der Waals surface area contributed by atoms with Crippen molar-refractivity contribution < 1.29 is 9.59 Å². The molecule has 5 aromatic rings. The third-order valence-electron chi connectivity index (χ3n) is 12.1. The van der Waals surface area contributed by atoms with E-state index in [1.165, 1.54) is 59.8 Å². The number of benzene rings is 4. The number of anilines is 7. The maximum absolute atomic E-state index is 13.0. The molecule has 4 aliphatic rings. The number of alkyl halides is 1. The molecule has 0 radical (unpaired) electrons. The van der Waals surface area contributed by atoms with Crippen LogP contribution < -0.4 is 30.7 Å². The fraction of sp³-hybridized carbons (Fsp3) is 0.388. The first-order valence-electron chi connectivity index (χ1n) is 22.2. The van der Waals surface area contributed by atoms with Gasteiger partial charge < -0.3 is 40.4 Å². The molecule has 0 unspecified atom stereocenters. The van der Waals surface area contributed by atoms with Crippen molar-refractivity contribution in [3.8, 4) is 0 Å². The summed E-state index contributed by atoms with van der Waals surface area (Å²) >= 11 is 9.04. The molecular weight excluding hydrogens is 905 g/mol. The van der Waals surface area contributed by atoms with Crippen LogP contribution in [0.2, 0.25) is 0 Å². The van der Waals surface area contributed by atoms with E-state index < -0.39 is 0 Å². The Kier molecular flexibility index (Phi) is 16.9. The first-order valence-corrected chi connectivity index (χ1v) is 24.5. The molecule has 9 rings (SSSR count). The number of nitrogens with zero attached hydrogens (tertiary/aromatic N) is 8. The molecule has 4 saturated heterocycles. The zero-order valence-electron chi connectivity index (χ0n) is 36.9. The highest BCUT2D eigenvalue weighted by Gasteiger charge is 2.20. The highest BCUT2D eigenvalue weighted by atomic mass is 79.9. The van der Waals surface area contributed by atoms with E-state index in [0.29, 0.717) is 20.9 Å². The number of piperazine rings is 2. The Bertz CT molecular complexity index is 2310. The van der Waals surface area contributed by atoms with Crippen LogP contribution in [0.1, 0.15) is 51.3 Å². The second kappa shape index (κ2) is 23.2. The van der Waals surface area contributed by atoms with E-state index in [1.54, 1.807) is 0 Å². The number of ketones is 2. The van der Waals surface area contributed by atoms with E-state index in [-0.39, 0.29) is 17.4 Å². The number of thiocarbonyl (C=S) groups is 1. The minimum Gasteiger partial charge on any atom is -0.382 e. The Balaban J connectivity index is 0.000000164. The van der Waals surface area contributed by atoms with Gasteiger partial charge >= 0.3 is 0 Å². The number of nitrogens with one attached hydrogen (secondary N) is 1. The Morgan fingerprint density at radius 2 is 1.05 bits per heavy atom. The minimum absolute atomic E-state index is 0.0866. The van der Waals surface area contributed by atoms with Crippen molar-refractivity contribution in [2.75, 3.05) is 129 Å². The van der Waals surface area contributed by atoms with Crippen LogP contribution >= 0.6 is 39.5 Å². The van der Waals surface area contributed by atoms with Crippen LogP contribution in [0, 0.1) is 0 Å². The van der Waals surface area contributed by atoms with E-state index in [1.807, 2.05) is 72.8 Å². The van der Waals surface area contributed by atoms with Crippen molar-refractivity contribution in [2.24, 2.45) is 4.99 Å². The van der Waals surface area contributed by atoms with Crippen LogP contribution in [0.3, 0.4) is 0 Å². The Hall–Kier alpha value is -5.15. The smallest absolute Gasteiger partial charge is 0.206 e. The van der Waals surface area contributed by atoms with Gasteiger partial charge in [0.2, 0.25) is 5.78 Å². The van der Waals surface area contributed by atoms with Gasteiger partial charge in [-0.3, -0.25) is 9.59 Å². The normalized spacial score (nSPS) is 16.6. The highest BCUT2D eigenvalue weighted by molar-refractivity contribution is 9.09. The molecule has 0 bridgehead atoms. The fourth-order valence-electron chi connectivity index (χ4n) is 8.19. The van der Waals surface area contributed by atoms with Crippen LogP contribution in [0.5, 0.6) is 0 Å². The third kappa shape index (κ3) is 12.8. The molecule has 15 heteroatoms. The molecular formula is C49H59BrN10O2S2. The van der Waals surface area contributed by atoms with Crippen molar-refractivity contribution in [1.29, 1.82) is 0 Å². The van der Waals surface area contributed by atoms with Gasteiger partial charge in [0.05, 0.1) is 16.2 Å². The standard InChI is InChI=1S/C25H30N6OS.C12H14BrNO.C12H15N3S/c1-29-14-16-31(17-15-29)21-10-6-19(7-11-21)27-25-28-24(26)23(33-25)22(32)18-4-8-20(9-5-18)30-12-2-3-13-30;13-9-12(15)10-3-5-11(6-4-10)14-7-1-2-8-14;1-14-6-8-15(9-7-14)12-4-2-11(3-5-12)13-10-16/h4-11H,2-3,12-17,26H2,1H3,(H,27,28);3-6H,1-2,7-9H2;2-5H,6-9H2,1H3. The third-order valence-corrected chi connectivity index (χ3v) is 13.7. The van der Waals surface area contributed by atoms with Crippen molar-refractivity contribution in [2.45, 2.75) is 25.7 Å². The monoisotopic (exact) mass is 962 g/mol. The lowest BCUT2D eigenvalue weighted by Crippen LogP contribution is -2.44. The van der Waals surface area contributed by atoms with Gasteiger partial charge in [-0.25, -0.2) is 4.98 Å². The number of isothiocyanates is 1. The molecule has 0 saturated carbocycles. The van der Waals surface area contributed by atoms with E-state index in [0.717, 1.165) is 95.5 Å². The number of carbonyl (C=O) groups excluding carboxylic acids is 2. The number of aliphatic imine (C=N–C) groups is 1. The molecule has 0 aliphatic carbocycles. The van der Waals surface area contributed by atoms with E-state index in [4.69, 9.17) is 5.73 Å². The van der Waals surface area contributed by atoms with E-state index >= 15 is 0 Å². The number of thiazole rings is 1. The molecule has 4 aliphatic heterocycles. The van der Waals surface area contributed by atoms with Gasteiger partial charge in [-0.05, 0) is 149 Å². The van der Waals surface area contributed by atoms with Crippen molar-refractivity contribution >= 4 is 101 Å². The molecule has 5 heterocycles. The SMILES string of the molecule is CN1CCN(c2ccc(N=C=S)cc2)CC1.CN1CCN(c2ccc(Nc3nc(N)c(C(=O)c4ccc(N5CCCC5)cc4)s3)cc2)CC1.O=C(CBr)c1ccc(N2CCCC2)cc1. The molecule has 0 spiro atoms. The fourth-order valence-corrected chi connectivity index (χ4v) is 9.48. The molecule has 3 N–H and O–H groups in total. The van der Waals surface area contributed by atoms with Gasteiger partial charge in [0, 0.05) is 118 Å². The van der Waals surface area contributed by atoms with Crippen LogP contribution in [0.4, 0.5) is 45.1 Å². The number of likely N-dealkylation sites (N-methyl/N-ethyl adjacent to an activating group) is 2. The number of nitrogens with two attached hydrogens (primary N) is 1. The van der Waals surface area contributed by atoms with Gasteiger partial charge in [-0.1, -0.05) is 27.3 Å². The summed E-state index contributed by atoms with van der Waals surface area (Å²) in [5, 5.41) is 6.69. The highest BCUT2D eigenvalue weighted by Crippen LogP contribution is 2.31. The number of Topliss-reactive ketones (excluding diaryl/α,β-unsaturated/α-hetero) is 1. The first-order chi connectivity index (χ1) is 31.2. The lowest BCUT2D eigenvalue weighted by molar-refractivity contribution is 0.102. The minimum atomic E-state index is -0.0866. The summed E-state index contributed by atoms with van der Waals surface area (Å²) in [6.07, 6.45) is 5.02.